The topological polar surface area (TPSA) is 142 Å². The zero-order chi connectivity index (χ0) is 25.6. The van der Waals surface area contributed by atoms with E-state index < -0.39 is 16.1 Å². The molecule has 1 aromatic carbocycles. The van der Waals surface area contributed by atoms with Crippen LogP contribution in [-0.2, 0) is 32.7 Å². The van der Waals surface area contributed by atoms with Crippen molar-refractivity contribution in [3.8, 4) is 6.07 Å². The summed E-state index contributed by atoms with van der Waals surface area (Å²) in [5, 5.41) is 26.7. The summed E-state index contributed by atoms with van der Waals surface area (Å²) in [6.07, 6.45) is 1.92. The number of ether oxygens (including phenoxy) is 1. The number of aliphatic hydroxyl groups is 1. The summed E-state index contributed by atoms with van der Waals surface area (Å²) in [5.74, 6) is -0.326. The number of carbonyl (C=O) groups is 1. The summed E-state index contributed by atoms with van der Waals surface area (Å²) < 4.78 is 35.5. The molecule has 2 aromatic rings. The molecule has 1 amide bonds. The summed E-state index contributed by atoms with van der Waals surface area (Å²) in [4.78, 5) is 14.7. The number of hydrogen-bond acceptors (Lipinski definition) is 8. The molecule has 11 nitrogen and oxygen atoms in total. The summed E-state index contributed by atoms with van der Waals surface area (Å²) in [6, 6.07) is 7.33. The van der Waals surface area contributed by atoms with Gasteiger partial charge in [0.05, 0.1) is 53.8 Å². The normalized spacial score (nSPS) is 21.0. The van der Waals surface area contributed by atoms with Crippen LogP contribution in [0.25, 0.3) is 0 Å². The summed E-state index contributed by atoms with van der Waals surface area (Å²) >= 11 is 0. The second-order valence-corrected chi connectivity index (χ2v) is 10.9. The number of amides is 1. The van der Waals surface area contributed by atoms with Gasteiger partial charge in [-0.3, -0.25) is 4.79 Å². The first-order valence-corrected chi connectivity index (χ1v) is 13.0. The van der Waals surface area contributed by atoms with E-state index in [9.17, 15) is 18.3 Å². The van der Waals surface area contributed by atoms with Crippen LogP contribution in [0.3, 0.4) is 0 Å². The van der Waals surface area contributed by atoms with Crippen molar-refractivity contribution in [3.05, 3.63) is 41.7 Å². The third-order valence-corrected chi connectivity index (χ3v) is 8.11. The van der Waals surface area contributed by atoms with Gasteiger partial charge in [-0.25, -0.2) is 13.1 Å². The minimum atomic E-state index is -3.84. The van der Waals surface area contributed by atoms with Gasteiger partial charge in [-0.05, 0) is 37.6 Å². The maximum atomic E-state index is 13.2. The number of aromatic nitrogens is 3. The Morgan fingerprint density at radius 3 is 2.71 bits per heavy atom. The van der Waals surface area contributed by atoms with Crippen LogP contribution in [0.1, 0.15) is 37.9 Å². The van der Waals surface area contributed by atoms with Gasteiger partial charge in [0, 0.05) is 39.0 Å². The highest BCUT2D eigenvalue weighted by molar-refractivity contribution is 7.89. The van der Waals surface area contributed by atoms with Gasteiger partial charge in [0.25, 0.3) is 0 Å². The molecule has 0 saturated carbocycles. The smallest absolute Gasteiger partial charge is 0.242 e. The molecule has 2 heterocycles. The van der Waals surface area contributed by atoms with Crippen molar-refractivity contribution in [1.29, 1.82) is 5.26 Å². The highest BCUT2D eigenvalue weighted by atomic mass is 32.2. The third-order valence-electron chi connectivity index (χ3n) is 6.27. The SMILES string of the molecule is C[C@H](CO)N1C[C@H](C)[C@@H](CN(C)S(=O)(=O)c2ccc(C#N)cc2)OCc2cnnn2CCCC1=O. The van der Waals surface area contributed by atoms with E-state index in [1.807, 2.05) is 13.0 Å². The molecule has 190 valence electrons. The Hall–Kier alpha value is -2.85. The Balaban J connectivity index is 1.86. The molecule has 0 spiro atoms. The van der Waals surface area contributed by atoms with Crippen molar-refractivity contribution in [3.63, 3.8) is 0 Å². The summed E-state index contributed by atoms with van der Waals surface area (Å²) in [6.45, 7) is 4.55. The van der Waals surface area contributed by atoms with Gasteiger partial charge >= 0.3 is 0 Å². The van der Waals surface area contributed by atoms with E-state index in [0.717, 1.165) is 5.69 Å². The zero-order valence-electron chi connectivity index (χ0n) is 20.2. The number of nitrogens with zero attached hydrogens (tertiary/aromatic N) is 6. The van der Waals surface area contributed by atoms with Crippen LogP contribution in [0, 0.1) is 17.2 Å². The largest absolute Gasteiger partial charge is 0.394 e. The van der Waals surface area contributed by atoms with Crippen LogP contribution in [-0.4, -0.2) is 82.5 Å². The Labute approximate surface area is 205 Å². The van der Waals surface area contributed by atoms with Gasteiger partial charge < -0.3 is 14.7 Å². The first-order valence-electron chi connectivity index (χ1n) is 11.5. The number of likely N-dealkylation sites (N-methyl/N-ethyl adjacent to an activating group) is 1. The van der Waals surface area contributed by atoms with Crippen LogP contribution in [0.2, 0.25) is 0 Å². The molecule has 3 rings (SSSR count). The first kappa shape index (κ1) is 26.7. The predicted molar refractivity (Wildman–Crippen MR) is 126 cm³/mol. The lowest BCUT2D eigenvalue weighted by molar-refractivity contribution is -0.136. The number of fused-ring (bicyclic) bond motifs is 1. The van der Waals surface area contributed by atoms with Gasteiger partial charge in [0.1, 0.15) is 0 Å². The van der Waals surface area contributed by atoms with Crippen molar-refractivity contribution in [1.82, 2.24) is 24.2 Å². The molecule has 0 saturated heterocycles. The van der Waals surface area contributed by atoms with Crippen molar-refractivity contribution < 1.29 is 23.1 Å². The number of nitriles is 1. The number of rotatable bonds is 6. The predicted octanol–water partition coefficient (Wildman–Crippen LogP) is 0.995. The monoisotopic (exact) mass is 504 g/mol. The van der Waals surface area contributed by atoms with Gasteiger partial charge in [0.15, 0.2) is 0 Å². The fourth-order valence-electron chi connectivity index (χ4n) is 3.98. The van der Waals surface area contributed by atoms with Gasteiger partial charge in [-0.15, -0.1) is 5.10 Å². The Bertz CT molecular complexity index is 1140. The lowest BCUT2D eigenvalue weighted by atomic mass is 10.0. The molecule has 0 fully saturated rings. The van der Waals surface area contributed by atoms with Crippen molar-refractivity contribution >= 4 is 15.9 Å². The average molecular weight is 505 g/mol. The average Bonchev–Trinajstić information content (AvgIpc) is 3.30. The van der Waals surface area contributed by atoms with Crippen LogP contribution >= 0.6 is 0 Å². The number of carbonyl (C=O) groups excluding carboxylic acids is 1. The molecule has 1 aliphatic heterocycles. The van der Waals surface area contributed by atoms with Crippen LogP contribution in [0.5, 0.6) is 0 Å². The van der Waals surface area contributed by atoms with E-state index >= 15 is 0 Å². The van der Waals surface area contributed by atoms with Crippen molar-refractivity contribution in [2.24, 2.45) is 5.92 Å². The van der Waals surface area contributed by atoms with E-state index in [1.54, 1.807) is 22.7 Å². The van der Waals surface area contributed by atoms with Crippen molar-refractivity contribution in [2.75, 3.05) is 26.7 Å². The first-order chi connectivity index (χ1) is 16.7. The lowest BCUT2D eigenvalue weighted by Gasteiger charge is -2.35. The quantitative estimate of drug-likeness (QED) is 0.614. The Morgan fingerprint density at radius 2 is 2.06 bits per heavy atom. The van der Waals surface area contributed by atoms with E-state index in [2.05, 4.69) is 10.3 Å². The molecule has 0 unspecified atom stereocenters. The fourth-order valence-corrected chi connectivity index (χ4v) is 5.16. The molecule has 0 radical (unpaired) electrons. The molecule has 0 bridgehead atoms. The number of hydrogen-bond donors (Lipinski definition) is 1. The van der Waals surface area contributed by atoms with E-state index in [0.29, 0.717) is 31.5 Å². The van der Waals surface area contributed by atoms with E-state index in [1.165, 1.54) is 35.6 Å². The Kier molecular flexibility index (Phi) is 8.96. The van der Waals surface area contributed by atoms with E-state index in [4.69, 9.17) is 10.00 Å². The molecule has 12 heteroatoms. The molecular formula is C23H32N6O5S. The second kappa shape index (κ2) is 11.7. The molecule has 35 heavy (non-hydrogen) atoms. The molecule has 0 aliphatic carbocycles. The summed E-state index contributed by atoms with van der Waals surface area (Å²) in [5.41, 5.74) is 1.12. The number of sulfonamides is 1. The van der Waals surface area contributed by atoms with Gasteiger partial charge in [0.2, 0.25) is 15.9 Å². The van der Waals surface area contributed by atoms with Crippen LogP contribution in [0.4, 0.5) is 0 Å². The number of aliphatic hydroxyl groups excluding tert-OH is 1. The van der Waals surface area contributed by atoms with Crippen LogP contribution in [0.15, 0.2) is 35.4 Å². The van der Waals surface area contributed by atoms with E-state index in [-0.39, 0.29) is 42.5 Å². The second-order valence-electron chi connectivity index (χ2n) is 8.88. The molecule has 1 aliphatic rings. The lowest BCUT2D eigenvalue weighted by Crippen LogP contribution is -2.47. The Morgan fingerprint density at radius 1 is 1.34 bits per heavy atom. The number of aryl methyl sites for hydroxylation is 1. The maximum absolute atomic E-state index is 13.2. The van der Waals surface area contributed by atoms with Crippen LogP contribution < -0.4 is 0 Å². The fraction of sp³-hybridized carbons (Fsp3) is 0.565. The third kappa shape index (κ3) is 6.43. The molecular weight excluding hydrogens is 472 g/mol. The molecule has 3 atom stereocenters. The number of benzene rings is 1. The van der Waals surface area contributed by atoms with Gasteiger partial charge in [-0.2, -0.15) is 9.57 Å². The van der Waals surface area contributed by atoms with Crippen molar-refractivity contribution in [2.45, 2.75) is 56.9 Å². The minimum absolute atomic E-state index is 0.0423. The maximum Gasteiger partial charge on any atom is 0.242 e. The highest BCUT2D eigenvalue weighted by Gasteiger charge is 2.31. The summed E-state index contributed by atoms with van der Waals surface area (Å²) in [7, 11) is -2.36. The zero-order valence-corrected chi connectivity index (χ0v) is 21.1. The molecule has 1 aromatic heterocycles. The standard InChI is InChI=1S/C23H32N6O5S/c1-17-13-28(18(2)15-30)23(31)5-4-10-29-20(12-25-26-29)16-34-22(17)14-27(3)35(32,33)21-8-6-19(11-24)7-9-21/h6-9,12,17-18,22,30H,4-5,10,13-16H2,1-3H3/t17-,18+,22+/m0/s1. The minimum Gasteiger partial charge on any atom is -0.394 e. The highest BCUT2D eigenvalue weighted by Crippen LogP contribution is 2.21. The van der Waals surface area contributed by atoms with Gasteiger partial charge in [-0.1, -0.05) is 12.1 Å². The molecule has 1 N–H and O–H groups in total.